The third kappa shape index (κ3) is 5.68. The van der Waals surface area contributed by atoms with Crippen LogP contribution in [0.2, 0.25) is 5.15 Å². The Balaban J connectivity index is 1.46. The highest BCUT2D eigenvalue weighted by Gasteiger charge is 2.16. The van der Waals surface area contributed by atoms with Crippen LogP contribution in [-0.4, -0.2) is 28.2 Å². The smallest absolute Gasteiger partial charge is 0.307 e. The van der Waals surface area contributed by atoms with Gasteiger partial charge in [0.15, 0.2) is 0 Å². The number of aromatic nitrogens is 2. The number of esters is 1. The number of para-hydroxylation sites is 1. The van der Waals surface area contributed by atoms with Crippen molar-refractivity contribution < 1.29 is 14.3 Å². The molecule has 0 saturated heterocycles. The molecule has 0 saturated carbocycles. The summed E-state index contributed by atoms with van der Waals surface area (Å²) in [4.78, 5) is 23.9. The van der Waals surface area contributed by atoms with Crippen LogP contribution in [-0.2, 0) is 27.4 Å². The maximum atomic E-state index is 12.0. The number of carbonyl (C=O) groups is 2. The predicted octanol–water partition coefficient (Wildman–Crippen LogP) is 3.63. The van der Waals surface area contributed by atoms with Crippen LogP contribution in [0.3, 0.4) is 0 Å². The predicted molar refractivity (Wildman–Crippen MR) is 111 cm³/mol. The summed E-state index contributed by atoms with van der Waals surface area (Å²) in [5.41, 5.74) is 3.12. The summed E-state index contributed by atoms with van der Waals surface area (Å²) in [6, 6.07) is 18.9. The monoisotopic (exact) mass is 411 g/mol. The normalized spacial score (nSPS) is 10.6. The van der Waals surface area contributed by atoms with E-state index in [0.717, 1.165) is 11.3 Å². The van der Waals surface area contributed by atoms with E-state index in [4.69, 9.17) is 16.3 Å². The van der Waals surface area contributed by atoms with Gasteiger partial charge >= 0.3 is 5.97 Å². The van der Waals surface area contributed by atoms with Crippen molar-refractivity contribution in [2.24, 2.45) is 0 Å². The molecule has 1 heterocycles. The number of hydrogen-bond acceptors (Lipinski definition) is 4. The van der Waals surface area contributed by atoms with Gasteiger partial charge in [-0.05, 0) is 24.6 Å². The van der Waals surface area contributed by atoms with Crippen LogP contribution in [0.5, 0.6) is 0 Å². The zero-order chi connectivity index (χ0) is 20.6. The fourth-order valence-electron chi connectivity index (χ4n) is 2.81. The largest absolute Gasteiger partial charge is 0.461 e. The van der Waals surface area contributed by atoms with E-state index in [1.54, 1.807) is 4.68 Å². The molecular formula is C22H22ClN3O3. The van der Waals surface area contributed by atoms with Crippen molar-refractivity contribution in [3.05, 3.63) is 82.6 Å². The maximum Gasteiger partial charge on any atom is 0.307 e. The highest BCUT2D eigenvalue weighted by Crippen LogP contribution is 2.24. The van der Waals surface area contributed by atoms with Gasteiger partial charge in [-0.3, -0.25) is 9.59 Å². The van der Waals surface area contributed by atoms with E-state index >= 15 is 0 Å². The fraction of sp³-hybridized carbons (Fsp3) is 0.227. The van der Waals surface area contributed by atoms with Crippen LogP contribution < -0.4 is 5.32 Å². The minimum atomic E-state index is -0.409. The van der Waals surface area contributed by atoms with Gasteiger partial charge in [-0.15, -0.1) is 0 Å². The van der Waals surface area contributed by atoms with Crippen LogP contribution in [0.25, 0.3) is 5.69 Å². The molecule has 0 aliphatic rings. The number of amides is 1. The molecule has 0 unspecified atom stereocenters. The Morgan fingerprint density at radius 1 is 1.07 bits per heavy atom. The Hall–Kier alpha value is -3.12. The second-order valence-corrected chi connectivity index (χ2v) is 6.88. The van der Waals surface area contributed by atoms with Gasteiger partial charge < -0.3 is 10.1 Å². The summed E-state index contributed by atoms with van der Waals surface area (Å²) in [5, 5.41) is 7.56. The molecule has 150 valence electrons. The quantitative estimate of drug-likeness (QED) is 0.574. The SMILES string of the molecule is Cc1nn(-c2ccccc2)c(Cl)c1COC(=O)CCNC(=O)Cc1ccccc1. The van der Waals surface area contributed by atoms with E-state index in [2.05, 4.69) is 10.4 Å². The summed E-state index contributed by atoms with van der Waals surface area (Å²) in [6.07, 6.45) is 0.368. The van der Waals surface area contributed by atoms with Crippen molar-refractivity contribution in [3.63, 3.8) is 0 Å². The third-order valence-corrected chi connectivity index (χ3v) is 4.75. The standard InChI is InChI=1S/C22H22ClN3O3/c1-16-19(22(23)26(25-16)18-10-6-3-7-11-18)15-29-21(28)12-13-24-20(27)14-17-8-4-2-5-9-17/h2-11H,12-15H2,1H3,(H,24,27). The number of hydrogen-bond donors (Lipinski definition) is 1. The van der Waals surface area contributed by atoms with Crippen LogP contribution in [0.4, 0.5) is 0 Å². The molecule has 6 nitrogen and oxygen atoms in total. The third-order valence-electron chi connectivity index (χ3n) is 4.36. The molecule has 29 heavy (non-hydrogen) atoms. The van der Waals surface area contributed by atoms with Crippen LogP contribution in [0.15, 0.2) is 60.7 Å². The lowest BCUT2D eigenvalue weighted by molar-refractivity contribution is -0.144. The summed E-state index contributed by atoms with van der Waals surface area (Å²) < 4.78 is 6.93. The maximum absolute atomic E-state index is 12.0. The van der Waals surface area contributed by atoms with Crippen LogP contribution >= 0.6 is 11.6 Å². The minimum Gasteiger partial charge on any atom is -0.461 e. The fourth-order valence-corrected chi connectivity index (χ4v) is 3.13. The highest BCUT2D eigenvalue weighted by atomic mass is 35.5. The lowest BCUT2D eigenvalue weighted by atomic mass is 10.1. The van der Waals surface area contributed by atoms with E-state index in [-0.39, 0.29) is 31.9 Å². The van der Waals surface area contributed by atoms with Gasteiger partial charge in [0, 0.05) is 12.1 Å². The second kappa shape index (κ2) is 9.89. The van der Waals surface area contributed by atoms with Crippen molar-refractivity contribution in [1.29, 1.82) is 0 Å². The number of halogens is 1. The molecule has 3 aromatic rings. The Kier molecular flexibility index (Phi) is 7.03. The Morgan fingerprint density at radius 3 is 2.41 bits per heavy atom. The Labute approximate surface area is 174 Å². The van der Waals surface area contributed by atoms with Gasteiger partial charge in [-0.1, -0.05) is 60.1 Å². The molecule has 0 aliphatic carbocycles. The van der Waals surface area contributed by atoms with Crippen LogP contribution in [0.1, 0.15) is 23.2 Å². The van der Waals surface area contributed by atoms with E-state index in [0.29, 0.717) is 16.4 Å². The zero-order valence-electron chi connectivity index (χ0n) is 16.1. The molecule has 0 spiro atoms. The van der Waals surface area contributed by atoms with Crippen molar-refractivity contribution in [1.82, 2.24) is 15.1 Å². The number of carbonyl (C=O) groups excluding carboxylic acids is 2. The summed E-state index contributed by atoms with van der Waals surface area (Å²) in [5.74, 6) is -0.542. The van der Waals surface area contributed by atoms with Crippen molar-refractivity contribution in [2.45, 2.75) is 26.4 Å². The molecule has 0 fully saturated rings. The first kappa shape index (κ1) is 20.6. The van der Waals surface area contributed by atoms with E-state index in [1.165, 1.54) is 0 Å². The van der Waals surface area contributed by atoms with Crippen molar-refractivity contribution in [3.8, 4) is 5.69 Å². The molecule has 0 aliphatic heterocycles. The first-order chi connectivity index (χ1) is 14.0. The lowest BCUT2D eigenvalue weighted by Crippen LogP contribution is -2.27. The summed E-state index contributed by atoms with van der Waals surface area (Å²) in [6.45, 7) is 2.08. The topological polar surface area (TPSA) is 73.2 Å². The number of aryl methyl sites for hydroxylation is 1. The number of ether oxygens (including phenoxy) is 1. The number of nitrogens with one attached hydrogen (secondary N) is 1. The molecule has 1 amide bonds. The Morgan fingerprint density at radius 2 is 1.72 bits per heavy atom. The van der Waals surface area contributed by atoms with Crippen LogP contribution in [0, 0.1) is 6.92 Å². The van der Waals surface area contributed by atoms with Crippen molar-refractivity contribution >= 4 is 23.5 Å². The molecule has 0 atom stereocenters. The van der Waals surface area contributed by atoms with Gasteiger partial charge in [0.2, 0.25) is 5.91 Å². The average molecular weight is 412 g/mol. The molecular weight excluding hydrogens is 390 g/mol. The second-order valence-electron chi connectivity index (χ2n) is 6.53. The molecule has 3 rings (SSSR count). The first-order valence-electron chi connectivity index (χ1n) is 9.30. The lowest BCUT2D eigenvalue weighted by Gasteiger charge is -2.07. The first-order valence-corrected chi connectivity index (χ1v) is 9.68. The number of nitrogens with zero attached hydrogens (tertiary/aromatic N) is 2. The minimum absolute atomic E-state index is 0.0360. The van der Waals surface area contributed by atoms with Gasteiger partial charge in [0.25, 0.3) is 0 Å². The zero-order valence-corrected chi connectivity index (χ0v) is 16.9. The van der Waals surface area contributed by atoms with E-state index in [1.807, 2.05) is 67.6 Å². The van der Waals surface area contributed by atoms with Gasteiger partial charge in [-0.2, -0.15) is 5.10 Å². The summed E-state index contributed by atoms with van der Waals surface area (Å²) >= 11 is 6.42. The van der Waals surface area contributed by atoms with Gasteiger partial charge in [-0.25, -0.2) is 4.68 Å². The number of rotatable bonds is 8. The number of benzene rings is 2. The Bertz CT molecular complexity index is 972. The van der Waals surface area contributed by atoms with Gasteiger partial charge in [0.05, 0.1) is 24.2 Å². The molecule has 7 heteroatoms. The molecule has 1 N–H and O–H groups in total. The van der Waals surface area contributed by atoms with E-state index in [9.17, 15) is 9.59 Å². The average Bonchev–Trinajstić information content (AvgIpc) is 3.01. The summed E-state index contributed by atoms with van der Waals surface area (Å²) in [7, 11) is 0. The van der Waals surface area contributed by atoms with Gasteiger partial charge in [0.1, 0.15) is 11.8 Å². The van der Waals surface area contributed by atoms with Crippen molar-refractivity contribution in [2.75, 3.05) is 6.54 Å². The molecule has 0 bridgehead atoms. The molecule has 1 aromatic heterocycles. The highest BCUT2D eigenvalue weighted by molar-refractivity contribution is 6.30. The molecule has 0 radical (unpaired) electrons. The van der Waals surface area contributed by atoms with E-state index < -0.39 is 5.97 Å². The molecule has 2 aromatic carbocycles.